The third-order valence-corrected chi connectivity index (χ3v) is 2.44. The average Bonchev–Trinajstić information content (AvgIpc) is 2.80. The van der Waals surface area contributed by atoms with Gasteiger partial charge in [0.15, 0.2) is 0 Å². The van der Waals surface area contributed by atoms with Crippen molar-refractivity contribution in [2.45, 2.75) is 6.92 Å². The van der Waals surface area contributed by atoms with E-state index in [1.54, 1.807) is 16.7 Å². The fraction of sp³-hybridized carbons (Fsp3) is 0.154. The summed E-state index contributed by atoms with van der Waals surface area (Å²) in [6.45, 7) is 2.47. The van der Waals surface area contributed by atoms with Gasteiger partial charge in [0.1, 0.15) is 17.5 Å². The summed E-state index contributed by atoms with van der Waals surface area (Å²) in [4.78, 5) is 0. The van der Waals surface area contributed by atoms with Gasteiger partial charge in [-0.25, -0.2) is 0 Å². The number of benzene rings is 1. The molecule has 17 heavy (non-hydrogen) atoms. The predicted octanol–water partition coefficient (Wildman–Crippen LogP) is 2.33. The van der Waals surface area contributed by atoms with Crippen molar-refractivity contribution < 1.29 is 4.74 Å². The Morgan fingerprint density at radius 3 is 2.94 bits per heavy atom. The molecule has 1 aromatic carbocycles. The molecule has 2 aromatic rings. The van der Waals surface area contributed by atoms with Gasteiger partial charge in [0.05, 0.1) is 18.0 Å². The van der Waals surface area contributed by atoms with Crippen molar-refractivity contribution in [3.8, 4) is 17.5 Å². The molecule has 1 heterocycles. The molecule has 0 atom stereocenters. The maximum atomic E-state index is 8.97. The lowest BCUT2D eigenvalue weighted by atomic mass is 10.2. The van der Waals surface area contributed by atoms with Crippen LogP contribution in [0.1, 0.15) is 12.6 Å². The van der Waals surface area contributed by atoms with E-state index in [0.29, 0.717) is 23.7 Å². The summed E-state index contributed by atoms with van der Waals surface area (Å²) in [6, 6.07) is 11.2. The van der Waals surface area contributed by atoms with E-state index in [1.165, 1.54) is 0 Å². The molecule has 2 rings (SSSR count). The van der Waals surface area contributed by atoms with Crippen molar-refractivity contribution in [2.24, 2.45) is 0 Å². The lowest BCUT2D eigenvalue weighted by Crippen LogP contribution is -2.00. The Balaban J connectivity index is 2.47. The summed E-state index contributed by atoms with van der Waals surface area (Å²) >= 11 is 0. The number of nitrogen functional groups attached to an aromatic ring is 1. The number of nitrogens with two attached hydrogens (primary N) is 1. The van der Waals surface area contributed by atoms with Crippen LogP contribution in [0.3, 0.4) is 0 Å². The second kappa shape index (κ2) is 4.62. The lowest BCUT2D eigenvalue weighted by molar-refractivity contribution is 0.342. The molecule has 0 bridgehead atoms. The summed E-state index contributed by atoms with van der Waals surface area (Å²) in [7, 11) is 0. The smallest absolute Gasteiger partial charge is 0.144 e. The fourth-order valence-corrected chi connectivity index (χ4v) is 1.65. The molecular weight excluding hydrogens is 214 g/mol. The van der Waals surface area contributed by atoms with Gasteiger partial charge >= 0.3 is 0 Å². The molecule has 0 aliphatic carbocycles. The minimum Gasteiger partial charge on any atom is -0.492 e. The van der Waals surface area contributed by atoms with Crippen molar-refractivity contribution in [3.63, 3.8) is 0 Å². The highest BCUT2D eigenvalue weighted by molar-refractivity contribution is 5.58. The number of anilines is 1. The molecule has 0 spiro atoms. The molecule has 0 radical (unpaired) electrons. The van der Waals surface area contributed by atoms with E-state index in [-0.39, 0.29) is 0 Å². The number of nitrogens with zero attached hydrogens (tertiary/aromatic N) is 2. The van der Waals surface area contributed by atoms with Crippen molar-refractivity contribution >= 4 is 5.69 Å². The number of hydrogen-bond donors (Lipinski definition) is 1. The Morgan fingerprint density at radius 2 is 2.24 bits per heavy atom. The SMILES string of the molecule is CCOc1cc(-n2cccc2C#N)ccc1N. The molecule has 86 valence electrons. The molecule has 0 fully saturated rings. The summed E-state index contributed by atoms with van der Waals surface area (Å²) in [5, 5.41) is 8.97. The highest BCUT2D eigenvalue weighted by atomic mass is 16.5. The van der Waals surface area contributed by atoms with Gasteiger partial charge in [0.2, 0.25) is 0 Å². The quantitative estimate of drug-likeness (QED) is 0.818. The van der Waals surface area contributed by atoms with Crippen LogP contribution in [0.5, 0.6) is 5.75 Å². The van der Waals surface area contributed by atoms with E-state index in [2.05, 4.69) is 6.07 Å². The van der Waals surface area contributed by atoms with Crippen molar-refractivity contribution in [2.75, 3.05) is 12.3 Å². The number of nitriles is 1. The van der Waals surface area contributed by atoms with E-state index < -0.39 is 0 Å². The molecule has 0 aliphatic rings. The zero-order valence-electron chi connectivity index (χ0n) is 9.55. The van der Waals surface area contributed by atoms with E-state index >= 15 is 0 Å². The van der Waals surface area contributed by atoms with E-state index in [9.17, 15) is 0 Å². The Bertz CT molecular complexity index is 566. The minimum absolute atomic E-state index is 0.560. The monoisotopic (exact) mass is 227 g/mol. The van der Waals surface area contributed by atoms with Crippen molar-refractivity contribution in [1.82, 2.24) is 4.57 Å². The minimum atomic E-state index is 0.560. The normalized spacial score (nSPS) is 9.88. The Kier molecular flexibility index (Phi) is 3.01. The fourth-order valence-electron chi connectivity index (χ4n) is 1.65. The maximum Gasteiger partial charge on any atom is 0.144 e. The summed E-state index contributed by atoms with van der Waals surface area (Å²) < 4.78 is 7.22. The number of hydrogen-bond acceptors (Lipinski definition) is 3. The standard InChI is InChI=1S/C13H13N3O/c1-2-17-13-8-10(5-6-12(13)15)16-7-3-4-11(16)9-14/h3-8H,2,15H2,1H3. The molecule has 0 saturated heterocycles. The van der Waals surface area contributed by atoms with Crippen LogP contribution in [0, 0.1) is 11.3 Å². The highest BCUT2D eigenvalue weighted by Gasteiger charge is 2.06. The maximum absolute atomic E-state index is 8.97. The van der Waals surface area contributed by atoms with Crippen LogP contribution in [-0.4, -0.2) is 11.2 Å². The van der Waals surface area contributed by atoms with Crippen molar-refractivity contribution in [1.29, 1.82) is 5.26 Å². The molecular formula is C13H13N3O. The Hall–Kier alpha value is -2.41. The zero-order chi connectivity index (χ0) is 12.3. The van der Waals surface area contributed by atoms with E-state index in [0.717, 1.165) is 5.69 Å². The van der Waals surface area contributed by atoms with Gasteiger partial charge in [-0.3, -0.25) is 0 Å². The average molecular weight is 227 g/mol. The van der Waals surface area contributed by atoms with Crippen LogP contribution in [0.25, 0.3) is 5.69 Å². The molecule has 4 nitrogen and oxygen atoms in total. The van der Waals surface area contributed by atoms with Crippen LogP contribution in [0.15, 0.2) is 36.5 Å². The summed E-state index contributed by atoms with van der Waals surface area (Å²) in [5.74, 6) is 0.641. The third-order valence-electron chi connectivity index (χ3n) is 2.44. The largest absolute Gasteiger partial charge is 0.492 e. The van der Waals surface area contributed by atoms with Gasteiger partial charge in [0.25, 0.3) is 0 Å². The summed E-state index contributed by atoms with van der Waals surface area (Å²) in [5.41, 5.74) is 7.84. The first kappa shape index (κ1) is 11.1. The van der Waals surface area contributed by atoms with E-state index in [1.807, 2.05) is 31.3 Å². The number of ether oxygens (including phenoxy) is 1. The van der Waals surface area contributed by atoms with Crippen LogP contribution >= 0.6 is 0 Å². The second-order valence-corrected chi connectivity index (χ2v) is 3.53. The third kappa shape index (κ3) is 2.08. The van der Waals surface area contributed by atoms with E-state index in [4.69, 9.17) is 15.7 Å². The second-order valence-electron chi connectivity index (χ2n) is 3.53. The van der Waals surface area contributed by atoms with Gasteiger partial charge in [-0.1, -0.05) is 0 Å². The summed E-state index contributed by atoms with van der Waals surface area (Å²) in [6.07, 6.45) is 1.83. The van der Waals surface area contributed by atoms with Gasteiger partial charge in [0, 0.05) is 12.3 Å². The molecule has 0 aliphatic heterocycles. The molecule has 0 saturated carbocycles. The molecule has 1 aromatic heterocycles. The number of aromatic nitrogens is 1. The lowest BCUT2D eigenvalue weighted by Gasteiger charge is -2.10. The molecule has 4 heteroatoms. The first-order chi connectivity index (χ1) is 8.26. The first-order valence-corrected chi connectivity index (χ1v) is 5.36. The van der Waals surface area contributed by atoms with Crippen LogP contribution in [0.4, 0.5) is 5.69 Å². The van der Waals surface area contributed by atoms with Gasteiger partial charge < -0.3 is 15.0 Å². The first-order valence-electron chi connectivity index (χ1n) is 5.36. The Labute approximate surface area is 99.8 Å². The van der Waals surface area contributed by atoms with Gasteiger partial charge in [-0.15, -0.1) is 0 Å². The topological polar surface area (TPSA) is 64.0 Å². The molecule has 0 amide bonds. The zero-order valence-corrected chi connectivity index (χ0v) is 9.55. The van der Waals surface area contributed by atoms with Crippen molar-refractivity contribution in [3.05, 3.63) is 42.2 Å². The number of rotatable bonds is 3. The van der Waals surface area contributed by atoms with Crippen LogP contribution in [0.2, 0.25) is 0 Å². The highest BCUT2D eigenvalue weighted by Crippen LogP contribution is 2.25. The van der Waals surface area contributed by atoms with Crippen LogP contribution in [-0.2, 0) is 0 Å². The van der Waals surface area contributed by atoms with Gasteiger partial charge in [-0.05, 0) is 31.2 Å². The van der Waals surface area contributed by atoms with Crippen LogP contribution < -0.4 is 10.5 Å². The predicted molar refractivity (Wildman–Crippen MR) is 66.1 cm³/mol. The molecule has 0 unspecified atom stereocenters. The van der Waals surface area contributed by atoms with Gasteiger partial charge in [-0.2, -0.15) is 5.26 Å². The Morgan fingerprint density at radius 1 is 1.41 bits per heavy atom. The molecule has 2 N–H and O–H groups in total.